The molecule has 1 aliphatic rings. The Morgan fingerprint density at radius 3 is 2.29 bits per heavy atom. The van der Waals surface area contributed by atoms with Gasteiger partial charge in [-0.1, -0.05) is 85.8 Å². The summed E-state index contributed by atoms with van der Waals surface area (Å²) in [7, 11) is 0. The lowest BCUT2D eigenvalue weighted by Gasteiger charge is -2.41. The molecule has 45 heavy (non-hydrogen) atoms. The average molecular weight is 626 g/mol. The molecule has 1 aliphatic heterocycles. The van der Waals surface area contributed by atoms with E-state index in [0.29, 0.717) is 6.54 Å². The van der Waals surface area contributed by atoms with Gasteiger partial charge in [-0.05, 0) is 59.0 Å². The maximum absolute atomic E-state index is 12.3. The highest BCUT2D eigenvalue weighted by Crippen LogP contribution is 2.43. The molecule has 0 radical (unpaired) electrons. The highest BCUT2D eigenvalue weighted by molar-refractivity contribution is 7.99. The van der Waals surface area contributed by atoms with Crippen molar-refractivity contribution in [2.45, 2.75) is 63.4 Å². The fraction of sp³-hybridized carbons (Fsp3) is 0.297. The van der Waals surface area contributed by atoms with Crippen LogP contribution in [0.1, 0.15) is 55.4 Å². The molecule has 234 valence electrons. The van der Waals surface area contributed by atoms with Crippen LogP contribution in [-0.4, -0.2) is 34.9 Å². The molecule has 4 aromatic carbocycles. The molecule has 0 aliphatic carbocycles. The Bertz CT molecular complexity index is 1580. The molecule has 4 aromatic rings. The summed E-state index contributed by atoms with van der Waals surface area (Å²) in [6.07, 6.45) is -1.69. The van der Waals surface area contributed by atoms with Gasteiger partial charge in [0.1, 0.15) is 0 Å². The second-order valence-electron chi connectivity index (χ2n) is 11.2. The highest BCUT2D eigenvalue weighted by Gasteiger charge is 2.38. The van der Waals surface area contributed by atoms with E-state index in [1.54, 1.807) is 18.7 Å². The van der Waals surface area contributed by atoms with Gasteiger partial charge in [0.05, 0.1) is 18.8 Å². The summed E-state index contributed by atoms with van der Waals surface area (Å²) in [6, 6.07) is 34.4. The number of carbonyl (C=O) groups excluding carboxylic acids is 2. The molecule has 0 aromatic heterocycles. The average Bonchev–Trinajstić information content (AvgIpc) is 3.07. The van der Waals surface area contributed by atoms with Crippen LogP contribution >= 0.6 is 11.8 Å². The predicted molar refractivity (Wildman–Crippen MR) is 175 cm³/mol. The van der Waals surface area contributed by atoms with Crippen LogP contribution in [0.4, 0.5) is 0 Å². The van der Waals surface area contributed by atoms with Crippen LogP contribution in [0, 0.1) is 5.92 Å². The first kappa shape index (κ1) is 32.4. The molecular weight excluding hydrogens is 586 g/mol. The van der Waals surface area contributed by atoms with Gasteiger partial charge >= 0.3 is 5.97 Å². The molecule has 8 heteroatoms. The number of rotatable bonds is 11. The Morgan fingerprint density at radius 1 is 0.867 bits per heavy atom. The first-order valence-corrected chi connectivity index (χ1v) is 16.1. The lowest BCUT2D eigenvalue weighted by Crippen LogP contribution is -2.38. The van der Waals surface area contributed by atoms with Gasteiger partial charge in [-0.25, -0.2) is 0 Å². The summed E-state index contributed by atoms with van der Waals surface area (Å²) in [5, 5.41) is 12.4. The SMILES string of the molecule is CC(=O)O[C@@H](C)C(=O)NCc1cccc(-c2cccc([C@@H]3O[C@H](CSc4ccccc4)[C@H](C)[C@H](c4ccc(CO)cc4)O3)c2)c1. The summed E-state index contributed by atoms with van der Waals surface area (Å²) >= 11 is 1.78. The van der Waals surface area contributed by atoms with E-state index in [2.05, 4.69) is 30.4 Å². The van der Waals surface area contributed by atoms with E-state index in [-0.39, 0.29) is 30.6 Å². The maximum atomic E-state index is 12.3. The zero-order valence-corrected chi connectivity index (χ0v) is 26.5. The number of ether oxygens (including phenoxy) is 3. The molecule has 1 amide bonds. The van der Waals surface area contributed by atoms with Crippen molar-refractivity contribution < 1.29 is 28.9 Å². The van der Waals surface area contributed by atoms with Gasteiger partial charge in [-0.15, -0.1) is 11.8 Å². The molecule has 1 heterocycles. The van der Waals surface area contributed by atoms with Crippen LogP contribution in [0.2, 0.25) is 0 Å². The third kappa shape index (κ3) is 8.61. The number of hydrogen-bond acceptors (Lipinski definition) is 7. The molecular formula is C37H39NO6S. The molecule has 7 nitrogen and oxygen atoms in total. The topological polar surface area (TPSA) is 94.1 Å². The van der Waals surface area contributed by atoms with Crippen LogP contribution in [0.15, 0.2) is 108 Å². The van der Waals surface area contributed by atoms with Crippen LogP contribution in [0.25, 0.3) is 11.1 Å². The first-order valence-electron chi connectivity index (χ1n) is 15.1. The molecule has 5 atom stereocenters. The van der Waals surface area contributed by atoms with Crippen LogP contribution < -0.4 is 5.32 Å². The smallest absolute Gasteiger partial charge is 0.303 e. The van der Waals surface area contributed by atoms with Crippen molar-refractivity contribution in [3.63, 3.8) is 0 Å². The van der Waals surface area contributed by atoms with Gasteiger partial charge in [0.2, 0.25) is 0 Å². The third-order valence-electron chi connectivity index (χ3n) is 7.88. The molecule has 1 saturated heterocycles. The van der Waals surface area contributed by atoms with Gasteiger partial charge in [-0.2, -0.15) is 0 Å². The number of thioether (sulfide) groups is 1. The van der Waals surface area contributed by atoms with Gasteiger partial charge in [0, 0.05) is 35.6 Å². The molecule has 0 saturated carbocycles. The highest BCUT2D eigenvalue weighted by atomic mass is 32.2. The Hall–Kier alpha value is -3.95. The zero-order valence-electron chi connectivity index (χ0n) is 25.7. The molecule has 5 rings (SSSR count). The van der Waals surface area contributed by atoms with Crippen molar-refractivity contribution in [3.05, 3.63) is 125 Å². The quantitative estimate of drug-likeness (QED) is 0.137. The summed E-state index contributed by atoms with van der Waals surface area (Å²) in [5.41, 5.74) is 5.74. The molecule has 0 spiro atoms. The summed E-state index contributed by atoms with van der Waals surface area (Å²) < 4.78 is 18.3. The molecule has 0 unspecified atom stereocenters. The van der Waals surface area contributed by atoms with E-state index in [1.807, 2.05) is 84.9 Å². The lowest BCUT2D eigenvalue weighted by atomic mass is 9.91. The van der Waals surface area contributed by atoms with Crippen LogP contribution in [0.3, 0.4) is 0 Å². The minimum absolute atomic E-state index is 0.00278. The fourth-order valence-corrected chi connectivity index (χ4v) is 6.45. The van der Waals surface area contributed by atoms with Crippen molar-refractivity contribution >= 4 is 23.6 Å². The van der Waals surface area contributed by atoms with Crippen molar-refractivity contribution in [3.8, 4) is 11.1 Å². The van der Waals surface area contributed by atoms with Gasteiger partial charge < -0.3 is 24.6 Å². The van der Waals surface area contributed by atoms with Crippen LogP contribution in [0.5, 0.6) is 0 Å². The third-order valence-corrected chi connectivity index (χ3v) is 8.98. The van der Waals surface area contributed by atoms with E-state index in [1.165, 1.54) is 11.8 Å². The minimum Gasteiger partial charge on any atom is -0.453 e. The Morgan fingerprint density at radius 2 is 1.58 bits per heavy atom. The largest absolute Gasteiger partial charge is 0.453 e. The number of hydrogen-bond donors (Lipinski definition) is 2. The number of aliphatic hydroxyl groups excluding tert-OH is 1. The number of benzene rings is 4. The number of esters is 1. The summed E-state index contributed by atoms with van der Waals surface area (Å²) in [5.74, 6) is 0.0296. The standard InChI is InChI=1S/C37H39NO6S/c1-24-34(23-45-33-13-5-4-6-14-33)43-37(44-35(24)29-17-15-27(22-39)16-18-29)32-12-8-11-31(20-32)30-10-7-9-28(19-30)21-38-36(41)25(2)42-26(3)40/h4-20,24-25,34-35,37,39H,21-23H2,1-3H3,(H,38,41)/t24-,25-,34+,35+,37+/m0/s1. The van der Waals surface area contributed by atoms with E-state index in [9.17, 15) is 14.7 Å². The van der Waals surface area contributed by atoms with Gasteiger partial charge in [0.15, 0.2) is 12.4 Å². The van der Waals surface area contributed by atoms with Crippen molar-refractivity contribution in [1.82, 2.24) is 5.32 Å². The van der Waals surface area contributed by atoms with Crippen molar-refractivity contribution in [2.75, 3.05) is 5.75 Å². The van der Waals surface area contributed by atoms with E-state index < -0.39 is 18.4 Å². The van der Waals surface area contributed by atoms with Crippen molar-refractivity contribution in [1.29, 1.82) is 0 Å². The Kier molecular flexibility index (Phi) is 11.1. The first-order chi connectivity index (χ1) is 21.8. The zero-order chi connectivity index (χ0) is 31.8. The van der Waals surface area contributed by atoms with Crippen molar-refractivity contribution in [2.24, 2.45) is 5.92 Å². The predicted octanol–water partition coefficient (Wildman–Crippen LogP) is 7.00. The number of nitrogens with one attached hydrogen (secondary N) is 1. The van der Waals surface area contributed by atoms with Gasteiger partial charge in [-0.3, -0.25) is 9.59 Å². The molecule has 0 bridgehead atoms. The minimum atomic E-state index is -0.855. The van der Waals surface area contributed by atoms with E-state index >= 15 is 0 Å². The second-order valence-corrected chi connectivity index (χ2v) is 12.3. The Labute approximate surface area is 268 Å². The van der Waals surface area contributed by atoms with E-state index in [4.69, 9.17) is 14.2 Å². The number of amides is 1. The monoisotopic (exact) mass is 625 g/mol. The van der Waals surface area contributed by atoms with Crippen LogP contribution in [-0.2, 0) is 37.0 Å². The summed E-state index contributed by atoms with van der Waals surface area (Å²) in [6.45, 7) is 5.31. The number of carbonyl (C=O) groups is 2. The Balaban J connectivity index is 1.35. The molecule has 2 N–H and O–H groups in total. The van der Waals surface area contributed by atoms with E-state index in [0.717, 1.165) is 39.1 Å². The normalized spacial score (nSPS) is 20.3. The van der Waals surface area contributed by atoms with Gasteiger partial charge in [0.25, 0.3) is 5.91 Å². The lowest BCUT2D eigenvalue weighted by molar-refractivity contribution is -0.268. The molecule has 1 fully saturated rings. The maximum Gasteiger partial charge on any atom is 0.303 e. The fourth-order valence-electron chi connectivity index (χ4n) is 5.37. The number of aliphatic hydroxyl groups is 1. The second kappa shape index (κ2) is 15.4. The summed E-state index contributed by atoms with van der Waals surface area (Å²) in [4.78, 5) is 24.7.